The second-order valence-electron chi connectivity index (χ2n) is 4.28. The van der Waals surface area contributed by atoms with Gasteiger partial charge in [0.15, 0.2) is 0 Å². The molecule has 0 unspecified atom stereocenters. The van der Waals surface area contributed by atoms with Crippen LogP contribution < -0.4 is 11.1 Å². The topological polar surface area (TPSA) is 73.1 Å². The predicted octanol–water partition coefficient (Wildman–Crippen LogP) is 1.59. The molecule has 16 heavy (non-hydrogen) atoms. The summed E-state index contributed by atoms with van der Waals surface area (Å²) in [6.45, 7) is 9.31. The quantitative estimate of drug-likeness (QED) is 0.794. The number of rotatable bonds is 5. The van der Waals surface area contributed by atoms with E-state index in [-0.39, 0.29) is 5.60 Å². The van der Waals surface area contributed by atoms with Crippen molar-refractivity contribution in [3.8, 4) is 0 Å². The highest BCUT2D eigenvalue weighted by Crippen LogP contribution is 2.17. The van der Waals surface area contributed by atoms with Crippen LogP contribution in [0.3, 0.4) is 0 Å². The van der Waals surface area contributed by atoms with Gasteiger partial charge in [0.05, 0.1) is 5.60 Å². The van der Waals surface area contributed by atoms with Crippen molar-refractivity contribution in [2.45, 2.75) is 33.3 Å². The molecule has 1 aromatic rings. The summed E-state index contributed by atoms with van der Waals surface area (Å²) in [5.74, 6) is 1.27. The predicted molar refractivity (Wildman–Crippen MR) is 65.4 cm³/mol. The third-order valence-corrected chi connectivity index (χ3v) is 2.34. The van der Waals surface area contributed by atoms with Gasteiger partial charge in [-0.2, -0.15) is 0 Å². The lowest BCUT2D eigenvalue weighted by Gasteiger charge is -2.25. The lowest BCUT2D eigenvalue weighted by molar-refractivity contribution is 0.000635. The van der Waals surface area contributed by atoms with E-state index in [9.17, 15) is 0 Å². The number of hydrogen-bond acceptors (Lipinski definition) is 5. The third kappa shape index (κ3) is 3.34. The second-order valence-corrected chi connectivity index (χ2v) is 4.28. The van der Waals surface area contributed by atoms with Crippen molar-refractivity contribution < 1.29 is 4.74 Å². The highest BCUT2D eigenvalue weighted by molar-refractivity contribution is 5.53. The van der Waals surface area contributed by atoms with E-state index >= 15 is 0 Å². The normalized spacial score (nSPS) is 11.5. The molecule has 1 aromatic heterocycles. The second kappa shape index (κ2) is 5.12. The minimum absolute atomic E-state index is 0.221. The van der Waals surface area contributed by atoms with E-state index in [0.717, 1.165) is 11.4 Å². The Labute approximate surface area is 96.4 Å². The van der Waals surface area contributed by atoms with Crippen LogP contribution in [0, 0.1) is 6.92 Å². The van der Waals surface area contributed by atoms with E-state index < -0.39 is 0 Å². The van der Waals surface area contributed by atoms with Crippen LogP contribution in [0.5, 0.6) is 0 Å². The molecule has 0 saturated carbocycles. The molecule has 1 heterocycles. The molecule has 0 saturated heterocycles. The van der Waals surface area contributed by atoms with E-state index in [1.165, 1.54) is 6.33 Å². The first-order valence-electron chi connectivity index (χ1n) is 5.41. The molecular formula is C11H20N4O. The zero-order valence-electron chi connectivity index (χ0n) is 10.4. The van der Waals surface area contributed by atoms with Gasteiger partial charge in [-0.05, 0) is 27.7 Å². The average Bonchev–Trinajstić information content (AvgIpc) is 2.20. The van der Waals surface area contributed by atoms with Gasteiger partial charge in [0.25, 0.3) is 0 Å². The number of nitrogens with zero attached hydrogens (tertiary/aromatic N) is 2. The molecule has 0 aliphatic heterocycles. The Morgan fingerprint density at radius 3 is 2.75 bits per heavy atom. The van der Waals surface area contributed by atoms with E-state index in [2.05, 4.69) is 15.3 Å². The Morgan fingerprint density at radius 1 is 1.44 bits per heavy atom. The first-order chi connectivity index (χ1) is 7.46. The molecule has 0 aliphatic carbocycles. The molecular weight excluding hydrogens is 204 g/mol. The molecule has 5 nitrogen and oxygen atoms in total. The van der Waals surface area contributed by atoms with Crippen molar-refractivity contribution in [3.63, 3.8) is 0 Å². The molecule has 0 fully saturated rings. The van der Waals surface area contributed by atoms with Crippen molar-refractivity contribution in [2.75, 3.05) is 24.2 Å². The van der Waals surface area contributed by atoms with E-state index in [4.69, 9.17) is 10.5 Å². The van der Waals surface area contributed by atoms with Gasteiger partial charge in [0, 0.05) is 18.7 Å². The van der Waals surface area contributed by atoms with Crippen LogP contribution in [0.25, 0.3) is 0 Å². The van der Waals surface area contributed by atoms with Gasteiger partial charge in [-0.3, -0.25) is 0 Å². The molecule has 0 aromatic carbocycles. The minimum atomic E-state index is -0.221. The summed E-state index contributed by atoms with van der Waals surface area (Å²) in [4.78, 5) is 8.06. The van der Waals surface area contributed by atoms with E-state index in [1.807, 2.05) is 27.7 Å². The molecule has 90 valence electrons. The zero-order valence-corrected chi connectivity index (χ0v) is 10.4. The number of aromatic nitrogens is 2. The first-order valence-corrected chi connectivity index (χ1v) is 5.41. The SMILES string of the molecule is CCOC(C)(C)CNc1ncnc(N)c1C. The number of hydrogen-bond donors (Lipinski definition) is 2. The molecule has 0 amide bonds. The summed E-state index contributed by atoms with van der Waals surface area (Å²) >= 11 is 0. The van der Waals surface area contributed by atoms with Gasteiger partial charge in [0.2, 0.25) is 0 Å². The molecule has 5 heteroatoms. The lowest BCUT2D eigenvalue weighted by Crippen LogP contribution is -2.33. The first kappa shape index (κ1) is 12.7. The van der Waals surface area contributed by atoms with Gasteiger partial charge in [-0.1, -0.05) is 0 Å². The minimum Gasteiger partial charge on any atom is -0.383 e. The number of ether oxygens (including phenoxy) is 1. The maximum atomic E-state index is 5.70. The van der Waals surface area contributed by atoms with Crippen LogP contribution in [0.1, 0.15) is 26.3 Å². The molecule has 0 bridgehead atoms. The van der Waals surface area contributed by atoms with Gasteiger partial charge in [-0.25, -0.2) is 9.97 Å². The number of nitrogens with two attached hydrogens (primary N) is 1. The van der Waals surface area contributed by atoms with Crippen LogP contribution >= 0.6 is 0 Å². The lowest BCUT2D eigenvalue weighted by atomic mass is 10.1. The molecule has 1 rings (SSSR count). The van der Waals surface area contributed by atoms with Crippen LogP contribution in [-0.4, -0.2) is 28.7 Å². The number of anilines is 2. The Balaban J connectivity index is 2.64. The van der Waals surface area contributed by atoms with E-state index in [1.54, 1.807) is 0 Å². The van der Waals surface area contributed by atoms with Crippen LogP contribution in [0.4, 0.5) is 11.6 Å². The number of nitrogen functional groups attached to an aromatic ring is 1. The van der Waals surface area contributed by atoms with Gasteiger partial charge >= 0.3 is 0 Å². The fourth-order valence-electron chi connectivity index (χ4n) is 1.38. The Morgan fingerprint density at radius 2 is 2.12 bits per heavy atom. The summed E-state index contributed by atoms with van der Waals surface area (Å²) in [6.07, 6.45) is 1.46. The molecule has 0 atom stereocenters. The fraction of sp³-hybridized carbons (Fsp3) is 0.636. The Bertz CT molecular complexity index is 352. The van der Waals surface area contributed by atoms with Crippen LogP contribution in [0.15, 0.2) is 6.33 Å². The van der Waals surface area contributed by atoms with Gasteiger partial charge in [0.1, 0.15) is 18.0 Å². The van der Waals surface area contributed by atoms with E-state index in [0.29, 0.717) is 19.0 Å². The highest BCUT2D eigenvalue weighted by Gasteiger charge is 2.18. The van der Waals surface area contributed by atoms with Gasteiger partial charge in [-0.15, -0.1) is 0 Å². The summed E-state index contributed by atoms with van der Waals surface area (Å²) < 4.78 is 5.58. The highest BCUT2D eigenvalue weighted by atomic mass is 16.5. The maximum absolute atomic E-state index is 5.70. The molecule has 0 spiro atoms. The smallest absolute Gasteiger partial charge is 0.134 e. The summed E-state index contributed by atoms with van der Waals surface area (Å²) in [6, 6.07) is 0. The van der Waals surface area contributed by atoms with Crippen LogP contribution in [-0.2, 0) is 4.74 Å². The zero-order chi connectivity index (χ0) is 12.2. The summed E-state index contributed by atoms with van der Waals surface area (Å²) in [5.41, 5.74) is 6.35. The monoisotopic (exact) mass is 224 g/mol. The summed E-state index contributed by atoms with van der Waals surface area (Å²) in [7, 11) is 0. The Kier molecular flexibility index (Phi) is 4.06. The van der Waals surface area contributed by atoms with Crippen molar-refractivity contribution in [3.05, 3.63) is 11.9 Å². The summed E-state index contributed by atoms with van der Waals surface area (Å²) in [5, 5.41) is 3.22. The fourth-order valence-corrected chi connectivity index (χ4v) is 1.38. The standard InChI is InChI=1S/C11H20N4O/c1-5-16-11(3,4)6-13-10-8(2)9(12)14-7-15-10/h7H,5-6H2,1-4H3,(H3,12,13,14,15). The molecule has 0 radical (unpaired) electrons. The van der Waals surface area contributed by atoms with Crippen molar-refractivity contribution in [2.24, 2.45) is 0 Å². The largest absolute Gasteiger partial charge is 0.383 e. The maximum Gasteiger partial charge on any atom is 0.134 e. The van der Waals surface area contributed by atoms with Crippen LogP contribution in [0.2, 0.25) is 0 Å². The molecule has 0 aliphatic rings. The Hall–Kier alpha value is -1.36. The third-order valence-electron chi connectivity index (χ3n) is 2.34. The van der Waals surface area contributed by atoms with Crippen molar-refractivity contribution >= 4 is 11.6 Å². The van der Waals surface area contributed by atoms with Crippen molar-refractivity contribution in [1.82, 2.24) is 9.97 Å². The average molecular weight is 224 g/mol. The van der Waals surface area contributed by atoms with Gasteiger partial charge < -0.3 is 15.8 Å². The molecule has 3 N–H and O–H groups in total. The number of nitrogens with one attached hydrogen (secondary N) is 1. The van der Waals surface area contributed by atoms with Crippen molar-refractivity contribution in [1.29, 1.82) is 0 Å².